The summed E-state index contributed by atoms with van der Waals surface area (Å²) in [6, 6.07) is 23.6. The predicted molar refractivity (Wildman–Crippen MR) is 126 cm³/mol. The van der Waals surface area contributed by atoms with Gasteiger partial charge in [-0.25, -0.2) is 4.98 Å². The number of rotatable bonds is 5. The van der Waals surface area contributed by atoms with E-state index < -0.39 is 0 Å². The third-order valence-electron chi connectivity index (χ3n) is 5.64. The lowest BCUT2D eigenvalue weighted by Crippen LogP contribution is -2.36. The van der Waals surface area contributed by atoms with Gasteiger partial charge in [0.05, 0.1) is 30.4 Å². The Kier molecular flexibility index (Phi) is 5.77. The van der Waals surface area contributed by atoms with Gasteiger partial charge in [-0.1, -0.05) is 48.5 Å². The average Bonchev–Trinajstić information content (AvgIpc) is 2.88. The molecule has 1 N–H and O–H groups in total. The van der Waals surface area contributed by atoms with Crippen LogP contribution in [0.15, 0.2) is 79.0 Å². The van der Waals surface area contributed by atoms with E-state index in [4.69, 9.17) is 9.72 Å². The SMILES string of the molecule is O=C(NCc1ccccc1)c1ccc(-c2ccc3ncc(N4CCOCC4)nc3c2)cc1. The molecule has 0 radical (unpaired) electrons. The first-order chi connectivity index (χ1) is 15.8. The van der Waals surface area contributed by atoms with Crippen LogP contribution in [0.1, 0.15) is 15.9 Å². The highest BCUT2D eigenvalue weighted by molar-refractivity contribution is 5.94. The summed E-state index contributed by atoms with van der Waals surface area (Å²) in [5, 5.41) is 2.97. The molecule has 1 fully saturated rings. The maximum atomic E-state index is 12.5. The number of ether oxygens (including phenoxy) is 1. The Bertz CT molecular complexity index is 1220. The van der Waals surface area contributed by atoms with Gasteiger partial charge in [-0.05, 0) is 41.0 Å². The number of amides is 1. The zero-order valence-corrected chi connectivity index (χ0v) is 17.7. The maximum Gasteiger partial charge on any atom is 0.251 e. The van der Waals surface area contributed by atoms with Crippen molar-refractivity contribution in [1.82, 2.24) is 15.3 Å². The first-order valence-corrected chi connectivity index (χ1v) is 10.8. The average molecular weight is 425 g/mol. The van der Waals surface area contributed by atoms with E-state index in [2.05, 4.69) is 21.3 Å². The van der Waals surface area contributed by atoms with Crippen molar-refractivity contribution in [3.63, 3.8) is 0 Å². The number of benzene rings is 3. The number of nitrogens with zero attached hydrogens (tertiary/aromatic N) is 3. The van der Waals surface area contributed by atoms with Crippen molar-refractivity contribution in [3.8, 4) is 11.1 Å². The predicted octanol–water partition coefficient (Wildman–Crippen LogP) is 4.06. The van der Waals surface area contributed by atoms with Crippen molar-refractivity contribution in [2.75, 3.05) is 31.2 Å². The molecule has 32 heavy (non-hydrogen) atoms. The molecule has 3 aromatic carbocycles. The molecular formula is C26H24N4O2. The molecule has 4 aromatic rings. The van der Waals surface area contributed by atoms with Crippen LogP contribution in [0.4, 0.5) is 5.82 Å². The van der Waals surface area contributed by atoms with Gasteiger partial charge in [-0.2, -0.15) is 0 Å². The topological polar surface area (TPSA) is 67.4 Å². The Labute approximate surface area is 186 Å². The Balaban J connectivity index is 1.32. The highest BCUT2D eigenvalue weighted by Crippen LogP contribution is 2.25. The first-order valence-electron chi connectivity index (χ1n) is 10.8. The van der Waals surface area contributed by atoms with Gasteiger partial charge in [0.2, 0.25) is 0 Å². The number of carbonyl (C=O) groups is 1. The molecule has 0 saturated carbocycles. The molecule has 160 valence electrons. The molecular weight excluding hydrogens is 400 g/mol. The molecule has 0 bridgehead atoms. The molecule has 1 amide bonds. The standard InChI is InChI=1S/C26H24N4O2/c31-26(28-17-19-4-2-1-3-5-19)21-8-6-20(7-9-21)22-10-11-23-24(16-22)29-25(18-27-23)30-12-14-32-15-13-30/h1-11,16,18H,12-15,17H2,(H,28,31). The number of nitrogens with one attached hydrogen (secondary N) is 1. The molecule has 6 nitrogen and oxygen atoms in total. The van der Waals surface area contributed by atoms with Crippen LogP contribution < -0.4 is 10.2 Å². The van der Waals surface area contributed by atoms with Crippen molar-refractivity contribution >= 4 is 22.8 Å². The molecule has 0 spiro atoms. The van der Waals surface area contributed by atoms with Gasteiger partial charge in [0, 0.05) is 25.2 Å². The highest BCUT2D eigenvalue weighted by Gasteiger charge is 2.14. The fourth-order valence-corrected chi connectivity index (χ4v) is 3.82. The van der Waals surface area contributed by atoms with Crippen molar-refractivity contribution in [3.05, 3.63) is 90.1 Å². The Morgan fingerprint density at radius 3 is 2.44 bits per heavy atom. The minimum Gasteiger partial charge on any atom is -0.378 e. The summed E-state index contributed by atoms with van der Waals surface area (Å²) in [5.41, 5.74) is 5.51. The van der Waals surface area contributed by atoms with Crippen LogP contribution in [0.2, 0.25) is 0 Å². The lowest BCUT2D eigenvalue weighted by Gasteiger charge is -2.27. The summed E-state index contributed by atoms with van der Waals surface area (Å²) in [6.07, 6.45) is 1.83. The lowest BCUT2D eigenvalue weighted by atomic mass is 10.0. The Hall–Kier alpha value is -3.77. The lowest BCUT2D eigenvalue weighted by molar-refractivity contribution is 0.0951. The number of morpholine rings is 1. The van der Waals surface area contributed by atoms with Gasteiger partial charge in [-0.15, -0.1) is 0 Å². The van der Waals surface area contributed by atoms with E-state index in [9.17, 15) is 4.79 Å². The molecule has 1 aliphatic rings. The van der Waals surface area contributed by atoms with Gasteiger partial charge in [0.25, 0.3) is 5.91 Å². The van der Waals surface area contributed by atoms with Crippen LogP contribution >= 0.6 is 0 Å². The van der Waals surface area contributed by atoms with E-state index in [0.29, 0.717) is 25.3 Å². The summed E-state index contributed by atoms with van der Waals surface area (Å²) in [6.45, 7) is 3.59. The largest absolute Gasteiger partial charge is 0.378 e. The van der Waals surface area contributed by atoms with E-state index in [0.717, 1.165) is 46.6 Å². The zero-order chi connectivity index (χ0) is 21.8. The fraction of sp³-hybridized carbons (Fsp3) is 0.192. The van der Waals surface area contributed by atoms with Crippen molar-refractivity contribution in [2.45, 2.75) is 6.54 Å². The first kappa shape index (κ1) is 20.2. The third-order valence-corrected chi connectivity index (χ3v) is 5.64. The normalized spacial score (nSPS) is 13.8. The fourth-order valence-electron chi connectivity index (χ4n) is 3.82. The van der Waals surface area contributed by atoms with Crippen molar-refractivity contribution in [1.29, 1.82) is 0 Å². The van der Waals surface area contributed by atoms with Crippen molar-refractivity contribution in [2.24, 2.45) is 0 Å². The van der Waals surface area contributed by atoms with Crippen LogP contribution in [0.5, 0.6) is 0 Å². The summed E-state index contributed by atoms with van der Waals surface area (Å²) in [5.74, 6) is 0.795. The van der Waals surface area contributed by atoms with Gasteiger partial charge >= 0.3 is 0 Å². The molecule has 5 rings (SSSR count). The van der Waals surface area contributed by atoms with Crippen LogP contribution in [-0.2, 0) is 11.3 Å². The number of carbonyl (C=O) groups excluding carboxylic acids is 1. The number of aromatic nitrogens is 2. The molecule has 1 aromatic heterocycles. The van der Waals surface area contributed by atoms with Gasteiger partial charge in [0.15, 0.2) is 0 Å². The number of anilines is 1. The second kappa shape index (κ2) is 9.16. The minimum atomic E-state index is -0.0834. The van der Waals surface area contributed by atoms with Gasteiger partial charge < -0.3 is 15.0 Å². The Morgan fingerprint density at radius 1 is 0.906 bits per heavy atom. The van der Waals surface area contributed by atoms with E-state index in [1.54, 1.807) is 0 Å². The molecule has 2 heterocycles. The number of hydrogen-bond donors (Lipinski definition) is 1. The summed E-state index contributed by atoms with van der Waals surface area (Å²) >= 11 is 0. The van der Waals surface area contributed by atoms with Crippen molar-refractivity contribution < 1.29 is 9.53 Å². The van der Waals surface area contributed by atoms with Crippen LogP contribution in [0.3, 0.4) is 0 Å². The molecule has 1 saturated heterocycles. The molecule has 6 heteroatoms. The highest BCUT2D eigenvalue weighted by atomic mass is 16.5. The molecule has 0 aliphatic carbocycles. The Morgan fingerprint density at radius 2 is 1.66 bits per heavy atom. The van der Waals surface area contributed by atoms with Gasteiger partial charge in [0.1, 0.15) is 5.82 Å². The van der Waals surface area contributed by atoms with E-state index in [1.165, 1.54) is 0 Å². The summed E-state index contributed by atoms with van der Waals surface area (Å²) < 4.78 is 5.43. The number of hydrogen-bond acceptors (Lipinski definition) is 5. The summed E-state index contributed by atoms with van der Waals surface area (Å²) in [4.78, 5) is 24.1. The summed E-state index contributed by atoms with van der Waals surface area (Å²) in [7, 11) is 0. The monoisotopic (exact) mass is 424 g/mol. The second-order valence-electron chi connectivity index (χ2n) is 7.78. The number of fused-ring (bicyclic) bond motifs is 1. The quantitative estimate of drug-likeness (QED) is 0.523. The van der Waals surface area contributed by atoms with Gasteiger partial charge in [-0.3, -0.25) is 9.78 Å². The maximum absolute atomic E-state index is 12.5. The zero-order valence-electron chi connectivity index (χ0n) is 17.7. The minimum absolute atomic E-state index is 0.0834. The van der Waals surface area contributed by atoms with E-state index in [1.807, 2.05) is 72.9 Å². The van der Waals surface area contributed by atoms with E-state index in [-0.39, 0.29) is 5.91 Å². The second-order valence-corrected chi connectivity index (χ2v) is 7.78. The van der Waals surface area contributed by atoms with Crippen LogP contribution in [0, 0.1) is 0 Å². The van der Waals surface area contributed by atoms with E-state index >= 15 is 0 Å². The van der Waals surface area contributed by atoms with Crippen LogP contribution in [-0.4, -0.2) is 42.2 Å². The molecule has 0 atom stereocenters. The smallest absolute Gasteiger partial charge is 0.251 e. The third kappa shape index (κ3) is 4.45. The van der Waals surface area contributed by atoms with Crippen LogP contribution in [0.25, 0.3) is 22.2 Å². The molecule has 1 aliphatic heterocycles. The molecule has 0 unspecified atom stereocenters.